The van der Waals surface area contributed by atoms with Crippen molar-refractivity contribution in [3.63, 3.8) is 0 Å². The van der Waals surface area contributed by atoms with Crippen LogP contribution in [0.25, 0.3) is 0 Å². The topological polar surface area (TPSA) is 26.0 Å². The first-order chi connectivity index (χ1) is 7.06. The fraction of sp³-hybridized carbons (Fsp3) is 0.538. The second-order valence-electron chi connectivity index (χ2n) is 4.41. The highest BCUT2D eigenvalue weighted by atomic mass is 19.1. The van der Waals surface area contributed by atoms with Gasteiger partial charge in [-0.1, -0.05) is 32.9 Å². The van der Waals surface area contributed by atoms with Crippen molar-refractivity contribution in [2.24, 2.45) is 5.73 Å². The van der Waals surface area contributed by atoms with Crippen LogP contribution in [0.1, 0.15) is 50.2 Å². The summed E-state index contributed by atoms with van der Waals surface area (Å²) in [6, 6.07) is 5.40. The molecule has 84 valence electrons. The van der Waals surface area contributed by atoms with Gasteiger partial charge < -0.3 is 5.73 Å². The first-order valence-corrected chi connectivity index (χ1v) is 5.55. The Bertz CT molecular complexity index is 320. The van der Waals surface area contributed by atoms with Crippen molar-refractivity contribution in [1.29, 1.82) is 0 Å². The number of hydrogen-bond acceptors (Lipinski definition) is 1. The summed E-state index contributed by atoms with van der Waals surface area (Å²) >= 11 is 0. The molecule has 0 heterocycles. The summed E-state index contributed by atoms with van der Waals surface area (Å²) in [7, 11) is 0. The number of rotatable bonds is 4. The Labute approximate surface area is 91.5 Å². The van der Waals surface area contributed by atoms with Gasteiger partial charge in [0.25, 0.3) is 0 Å². The van der Waals surface area contributed by atoms with Gasteiger partial charge in [-0.05, 0) is 42.0 Å². The van der Waals surface area contributed by atoms with E-state index in [2.05, 4.69) is 13.8 Å². The lowest BCUT2D eigenvalue weighted by Crippen LogP contribution is -2.06. The minimum atomic E-state index is -0.111. The largest absolute Gasteiger partial charge is 0.330 e. The molecular weight excluding hydrogens is 189 g/mol. The first-order valence-electron chi connectivity index (χ1n) is 5.55. The van der Waals surface area contributed by atoms with Crippen molar-refractivity contribution < 1.29 is 4.39 Å². The molecule has 0 saturated heterocycles. The Hall–Kier alpha value is -0.890. The second kappa shape index (κ2) is 5.26. The van der Waals surface area contributed by atoms with Gasteiger partial charge in [0.1, 0.15) is 5.82 Å². The summed E-state index contributed by atoms with van der Waals surface area (Å²) in [6.45, 7) is 6.86. The van der Waals surface area contributed by atoms with Gasteiger partial charge in [0.15, 0.2) is 0 Å². The molecule has 1 aromatic rings. The van der Waals surface area contributed by atoms with Gasteiger partial charge in [0, 0.05) is 0 Å². The van der Waals surface area contributed by atoms with Gasteiger partial charge in [0.2, 0.25) is 0 Å². The molecule has 1 atom stereocenters. The van der Waals surface area contributed by atoms with Gasteiger partial charge >= 0.3 is 0 Å². The molecule has 0 amide bonds. The third kappa shape index (κ3) is 3.03. The van der Waals surface area contributed by atoms with Crippen molar-refractivity contribution in [1.82, 2.24) is 0 Å². The third-order valence-electron chi connectivity index (χ3n) is 2.82. The Balaban J connectivity index is 2.99. The zero-order valence-corrected chi connectivity index (χ0v) is 9.76. The van der Waals surface area contributed by atoms with E-state index in [4.69, 9.17) is 5.73 Å². The van der Waals surface area contributed by atoms with E-state index in [-0.39, 0.29) is 11.7 Å². The van der Waals surface area contributed by atoms with Crippen LogP contribution in [-0.2, 0) is 0 Å². The van der Waals surface area contributed by atoms with Crippen molar-refractivity contribution in [2.45, 2.75) is 39.0 Å². The van der Waals surface area contributed by atoms with Crippen LogP contribution in [0.4, 0.5) is 4.39 Å². The zero-order valence-electron chi connectivity index (χ0n) is 9.76. The molecule has 0 aliphatic rings. The summed E-state index contributed by atoms with van der Waals surface area (Å²) in [5, 5.41) is 0. The number of nitrogens with two attached hydrogens (primary N) is 1. The van der Waals surface area contributed by atoms with Gasteiger partial charge in [0.05, 0.1) is 0 Å². The fourth-order valence-corrected chi connectivity index (χ4v) is 1.70. The smallest absolute Gasteiger partial charge is 0.126 e. The summed E-state index contributed by atoms with van der Waals surface area (Å²) in [5.41, 5.74) is 7.48. The molecule has 0 radical (unpaired) electrons. The van der Waals surface area contributed by atoms with E-state index in [1.807, 2.05) is 19.1 Å². The molecular formula is C13H20FN. The monoisotopic (exact) mass is 209 g/mol. The quantitative estimate of drug-likeness (QED) is 0.808. The van der Waals surface area contributed by atoms with E-state index in [1.54, 1.807) is 6.07 Å². The molecule has 1 rings (SSSR count). The molecule has 1 aromatic carbocycles. The van der Waals surface area contributed by atoms with Crippen LogP contribution in [0, 0.1) is 5.82 Å². The summed E-state index contributed by atoms with van der Waals surface area (Å²) in [6.07, 6.45) is 0.832. The van der Waals surface area contributed by atoms with E-state index < -0.39 is 0 Å². The zero-order chi connectivity index (χ0) is 11.4. The molecule has 1 nitrogen and oxygen atoms in total. The second-order valence-corrected chi connectivity index (χ2v) is 4.41. The van der Waals surface area contributed by atoms with Gasteiger partial charge in [-0.15, -0.1) is 0 Å². The average Bonchev–Trinajstić information content (AvgIpc) is 2.18. The SMILES string of the molecule is CC(C)c1ccc(F)c(C(C)CCN)c1. The van der Waals surface area contributed by atoms with Crippen LogP contribution in [0.15, 0.2) is 18.2 Å². The Morgan fingerprint density at radius 3 is 2.47 bits per heavy atom. The van der Waals surface area contributed by atoms with Crippen LogP contribution >= 0.6 is 0 Å². The van der Waals surface area contributed by atoms with Crippen molar-refractivity contribution >= 4 is 0 Å². The lowest BCUT2D eigenvalue weighted by molar-refractivity contribution is 0.575. The van der Waals surface area contributed by atoms with Crippen molar-refractivity contribution in [3.8, 4) is 0 Å². The van der Waals surface area contributed by atoms with Crippen LogP contribution in [0.2, 0.25) is 0 Å². The van der Waals surface area contributed by atoms with Crippen LogP contribution in [0.5, 0.6) is 0 Å². The average molecular weight is 209 g/mol. The first kappa shape index (κ1) is 12.2. The van der Waals surface area contributed by atoms with Crippen molar-refractivity contribution in [3.05, 3.63) is 35.1 Å². The minimum Gasteiger partial charge on any atom is -0.330 e. The predicted octanol–water partition coefficient (Wildman–Crippen LogP) is 3.40. The van der Waals surface area contributed by atoms with Gasteiger partial charge in [-0.3, -0.25) is 0 Å². The molecule has 0 saturated carbocycles. The van der Waals surface area contributed by atoms with Crippen LogP contribution in [-0.4, -0.2) is 6.54 Å². The van der Waals surface area contributed by atoms with Gasteiger partial charge in [-0.25, -0.2) is 4.39 Å². The minimum absolute atomic E-state index is 0.111. The third-order valence-corrected chi connectivity index (χ3v) is 2.82. The lowest BCUT2D eigenvalue weighted by Gasteiger charge is -2.14. The Kier molecular flexibility index (Phi) is 4.28. The highest BCUT2D eigenvalue weighted by Gasteiger charge is 2.12. The van der Waals surface area contributed by atoms with Crippen molar-refractivity contribution in [2.75, 3.05) is 6.54 Å². The lowest BCUT2D eigenvalue weighted by atomic mass is 9.92. The molecule has 0 aliphatic carbocycles. The summed E-state index contributed by atoms with van der Waals surface area (Å²) in [4.78, 5) is 0. The predicted molar refractivity (Wildman–Crippen MR) is 62.6 cm³/mol. The fourth-order valence-electron chi connectivity index (χ4n) is 1.70. The molecule has 1 unspecified atom stereocenters. The van der Waals surface area contributed by atoms with E-state index >= 15 is 0 Å². The van der Waals surface area contributed by atoms with Gasteiger partial charge in [-0.2, -0.15) is 0 Å². The van der Waals surface area contributed by atoms with E-state index in [1.165, 1.54) is 5.56 Å². The number of hydrogen-bond donors (Lipinski definition) is 1. The highest BCUT2D eigenvalue weighted by molar-refractivity contribution is 5.29. The molecule has 2 N–H and O–H groups in total. The van der Waals surface area contributed by atoms with Crippen LogP contribution in [0.3, 0.4) is 0 Å². The Morgan fingerprint density at radius 2 is 1.93 bits per heavy atom. The molecule has 0 bridgehead atoms. The summed E-state index contributed by atoms with van der Waals surface area (Å²) < 4.78 is 13.6. The molecule has 0 aromatic heterocycles. The maximum Gasteiger partial charge on any atom is 0.126 e. The van der Waals surface area contributed by atoms with E-state index in [9.17, 15) is 4.39 Å². The molecule has 2 heteroatoms. The molecule has 0 aliphatic heterocycles. The van der Waals surface area contributed by atoms with E-state index in [0.29, 0.717) is 12.5 Å². The highest BCUT2D eigenvalue weighted by Crippen LogP contribution is 2.25. The standard InChI is InChI=1S/C13H20FN/c1-9(2)11-4-5-13(14)12(8-11)10(3)6-7-15/h4-5,8-10H,6-7,15H2,1-3H3. The number of benzene rings is 1. The van der Waals surface area contributed by atoms with Crippen LogP contribution < -0.4 is 5.73 Å². The normalized spacial score (nSPS) is 13.2. The molecule has 15 heavy (non-hydrogen) atoms. The maximum absolute atomic E-state index is 13.6. The number of halogens is 1. The summed E-state index contributed by atoms with van der Waals surface area (Å²) in [5.74, 6) is 0.531. The Morgan fingerprint density at radius 1 is 1.27 bits per heavy atom. The maximum atomic E-state index is 13.6. The molecule has 0 spiro atoms. The van der Waals surface area contributed by atoms with E-state index in [0.717, 1.165) is 12.0 Å². The molecule has 0 fully saturated rings.